The molecule has 0 aromatic heterocycles. The fraction of sp³-hybridized carbons (Fsp3) is 0.654. The Balaban J connectivity index is 3.34. The van der Waals surface area contributed by atoms with Gasteiger partial charge in [0.05, 0.1) is 6.61 Å². The van der Waals surface area contributed by atoms with Gasteiger partial charge in [0.1, 0.15) is 17.7 Å². The summed E-state index contributed by atoms with van der Waals surface area (Å²) in [4.78, 5) is 41.0. The van der Waals surface area contributed by atoms with Crippen molar-refractivity contribution in [2.24, 2.45) is 0 Å². The van der Waals surface area contributed by atoms with E-state index in [2.05, 4.69) is 10.6 Å². The molecule has 0 saturated carbocycles. The second kappa shape index (κ2) is 15.7. The molecule has 0 saturated heterocycles. The minimum Gasteiger partial charge on any atom is -0.444 e. The summed E-state index contributed by atoms with van der Waals surface area (Å²) in [6.07, 6.45) is 4.17. The van der Waals surface area contributed by atoms with Gasteiger partial charge in [0.25, 0.3) is 0 Å². The first-order valence-corrected chi connectivity index (χ1v) is 13.7. The summed E-state index contributed by atoms with van der Waals surface area (Å²) in [5.74, 6) is -0.128. The first-order valence-electron chi connectivity index (χ1n) is 12.3. The van der Waals surface area contributed by atoms with Crippen molar-refractivity contribution in [3.63, 3.8) is 0 Å². The van der Waals surface area contributed by atoms with Crippen LogP contribution in [0.2, 0.25) is 0 Å². The van der Waals surface area contributed by atoms with E-state index in [1.165, 1.54) is 4.90 Å². The van der Waals surface area contributed by atoms with Crippen LogP contribution >= 0.6 is 11.8 Å². The molecular weight excluding hydrogens is 466 g/mol. The van der Waals surface area contributed by atoms with Crippen LogP contribution in [-0.2, 0) is 20.7 Å². The number of nitrogens with zero attached hydrogens (tertiary/aromatic N) is 1. The Kier molecular flexibility index (Phi) is 13.8. The van der Waals surface area contributed by atoms with Gasteiger partial charge >= 0.3 is 6.09 Å². The lowest BCUT2D eigenvalue weighted by atomic mass is 10.00. The van der Waals surface area contributed by atoms with E-state index in [1.54, 1.807) is 32.5 Å². The second-order valence-electron chi connectivity index (χ2n) is 9.38. The number of ether oxygens (including phenoxy) is 1. The topological polar surface area (TPSA) is 108 Å². The summed E-state index contributed by atoms with van der Waals surface area (Å²) >= 11 is 1.55. The summed E-state index contributed by atoms with van der Waals surface area (Å²) in [6, 6.07) is 5.73. The summed E-state index contributed by atoms with van der Waals surface area (Å²) in [5, 5.41) is 15.4. The van der Waals surface area contributed by atoms with Gasteiger partial charge in [-0.15, -0.1) is 0 Å². The van der Waals surface area contributed by atoms with E-state index in [0.717, 1.165) is 24.8 Å². The smallest absolute Gasteiger partial charge is 0.408 e. The number of rotatable bonds is 14. The van der Waals surface area contributed by atoms with E-state index < -0.39 is 29.7 Å². The van der Waals surface area contributed by atoms with Crippen LogP contribution in [0.5, 0.6) is 0 Å². The van der Waals surface area contributed by atoms with Gasteiger partial charge in [0.2, 0.25) is 11.8 Å². The molecule has 0 spiro atoms. The van der Waals surface area contributed by atoms with Crippen molar-refractivity contribution in [3.8, 4) is 0 Å². The highest BCUT2D eigenvalue weighted by Gasteiger charge is 2.35. The van der Waals surface area contributed by atoms with Gasteiger partial charge in [-0.1, -0.05) is 44.5 Å². The highest BCUT2D eigenvalue weighted by molar-refractivity contribution is 7.98. The predicted molar refractivity (Wildman–Crippen MR) is 141 cm³/mol. The van der Waals surface area contributed by atoms with Gasteiger partial charge in [-0.05, 0) is 63.2 Å². The van der Waals surface area contributed by atoms with Gasteiger partial charge in [-0.25, -0.2) is 4.79 Å². The molecule has 35 heavy (non-hydrogen) atoms. The van der Waals surface area contributed by atoms with E-state index >= 15 is 0 Å². The molecule has 9 heteroatoms. The van der Waals surface area contributed by atoms with E-state index in [-0.39, 0.29) is 19.1 Å². The number of hydrogen-bond acceptors (Lipinski definition) is 6. The predicted octanol–water partition coefficient (Wildman–Crippen LogP) is 3.67. The zero-order valence-corrected chi connectivity index (χ0v) is 22.9. The molecule has 3 N–H and O–H groups in total. The molecule has 0 bridgehead atoms. The fourth-order valence-electron chi connectivity index (χ4n) is 3.51. The molecule has 3 amide bonds. The van der Waals surface area contributed by atoms with Gasteiger partial charge in [-0.2, -0.15) is 11.8 Å². The number of nitrogens with one attached hydrogen (secondary N) is 2. The molecule has 198 valence electrons. The molecule has 0 aliphatic rings. The number of alkyl carbamates (subject to hydrolysis) is 1. The van der Waals surface area contributed by atoms with Crippen molar-refractivity contribution in [3.05, 3.63) is 35.4 Å². The minimum atomic E-state index is -0.936. The number of aryl methyl sites for hydroxylation is 1. The number of amides is 3. The van der Waals surface area contributed by atoms with Gasteiger partial charge in [-0.3, -0.25) is 9.59 Å². The Bertz CT molecular complexity index is 795. The molecule has 0 fully saturated rings. The standard InChI is InChI=1S/C26H43N3O5S/c1-7-9-15-27-23(31)22(20-12-10-19(8-2)11-13-20)29(16-17-30)24(32)21(14-18-35-6)28-25(33)34-26(3,4)5/h10-13,21-22,30H,7-9,14-18H2,1-6H3,(H,27,31)(H,28,33). The molecule has 0 aliphatic carbocycles. The van der Waals surface area contributed by atoms with Gasteiger partial charge < -0.3 is 25.4 Å². The highest BCUT2D eigenvalue weighted by Crippen LogP contribution is 2.24. The van der Waals surface area contributed by atoms with Crippen LogP contribution in [0.25, 0.3) is 0 Å². The molecule has 0 radical (unpaired) electrons. The Hall–Kier alpha value is -2.26. The number of thioether (sulfide) groups is 1. The molecule has 1 rings (SSSR count). The normalized spacial score (nSPS) is 13.0. The van der Waals surface area contributed by atoms with Crippen molar-refractivity contribution < 1.29 is 24.2 Å². The lowest BCUT2D eigenvalue weighted by Crippen LogP contribution is -2.54. The third kappa shape index (κ3) is 10.9. The van der Waals surface area contributed by atoms with Crippen molar-refractivity contribution in [1.29, 1.82) is 0 Å². The maximum atomic E-state index is 13.8. The lowest BCUT2D eigenvalue weighted by molar-refractivity contribution is -0.143. The SMILES string of the molecule is CCCCNC(=O)C(c1ccc(CC)cc1)N(CCO)C(=O)C(CCSC)NC(=O)OC(C)(C)C. The van der Waals surface area contributed by atoms with E-state index in [9.17, 15) is 19.5 Å². The Morgan fingerprint density at radius 2 is 1.80 bits per heavy atom. The average Bonchev–Trinajstić information content (AvgIpc) is 2.80. The van der Waals surface area contributed by atoms with Crippen LogP contribution in [0.3, 0.4) is 0 Å². The first-order chi connectivity index (χ1) is 16.6. The Morgan fingerprint density at radius 1 is 1.14 bits per heavy atom. The van der Waals surface area contributed by atoms with Crippen molar-refractivity contribution in [2.75, 3.05) is 31.7 Å². The number of carbonyl (C=O) groups is 3. The minimum absolute atomic E-state index is 0.0496. The molecule has 2 atom stereocenters. The number of aliphatic hydroxyl groups is 1. The number of carbonyl (C=O) groups excluding carboxylic acids is 3. The Morgan fingerprint density at radius 3 is 2.31 bits per heavy atom. The monoisotopic (exact) mass is 509 g/mol. The first kappa shape index (κ1) is 30.8. The van der Waals surface area contributed by atoms with E-state index in [0.29, 0.717) is 24.3 Å². The van der Waals surface area contributed by atoms with E-state index in [4.69, 9.17) is 4.74 Å². The molecule has 0 aliphatic heterocycles. The molecule has 8 nitrogen and oxygen atoms in total. The maximum Gasteiger partial charge on any atom is 0.408 e. The molecular formula is C26H43N3O5S. The Labute approximate surface area is 214 Å². The fourth-order valence-corrected chi connectivity index (χ4v) is 3.98. The van der Waals surface area contributed by atoms with Crippen molar-refractivity contribution >= 4 is 29.7 Å². The summed E-state index contributed by atoms with van der Waals surface area (Å²) in [6.45, 7) is 9.45. The largest absolute Gasteiger partial charge is 0.444 e. The number of benzene rings is 1. The number of aliphatic hydroxyl groups excluding tert-OH is 1. The van der Waals surface area contributed by atoms with Crippen LogP contribution in [0.4, 0.5) is 4.79 Å². The highest BCUT2D eigenvalue weighted by atomic mass is 32.2. The lowest BCUT2D eigenvalue weighted by Gasteiger charge is -2.34. The molecule has 0 heterocycles. The molecule has 2 unspecified atom stereocenters. The summed E-state index contributed by atoms with van der Waals surface area (Å²) in [5.41, 5.74) is 1.05. The van der Waals surface area contributed by atoms with Crippen LogP contribution in [0.1, 0.15) is 71.0 Å². The van der Waals surface area contributed by atoms with Crippen molar-refractivity contribution in [1.82, 2.24) is 15.5 Å². The van der Waals surface area contributed by atoms with Gasteiger partial charge in [0.15, 0.2) is 0 Å². The number of hydrogen-bond donors (Lipinski definition) is 3. The third-order valence-electron chi connectivity index (χ3n) is 5.32. The average molecular weight is 510 g/mol. The van der Waals surface area contributed by atoms with Crippen LogP contribution in [-0.4, -0.2) is 71.3 Å². The van der Waals surface area contributed by atoms with Crippen LogP contribution in [0, 0.1) is 0 Å². The second-order valence-corrected chi connectivity index (χ2v) is 10.4. The molecule has 1 aromatic carbocycles. The van der Waals surface area contributed by atoms with Crippen molar-refractivity contribution in [2.45, 2.75) is 78.0 Å². The number of unbranched alkanes of at least 4 members (excludes halogenated alkanes) is 1. The zero-order chi connectivity index (χ0) is 26.4. The van der Waals surface area contributed by atoms with Crippen LogP contribution < -0.4 is 10.6 Å². The maximum absolute atomic E-state index is 13.8. The van der Waals surface area contributed by atoms with Gasteiger partial charge in [0, 0.05) is 13.1 Å². The summed E-state index contributed by atoms with van der Waals surface area (Å²) < 4.78 is 5.37. The van der Waals surface area contributed by atoms with Crippen LogP contribution in [0.15, 0.2) is 24.3 Å². The summed E-state index contributed by atoms with van der Waals surface area (Å²) in [7, 11) is 0. The van der Waals surface area contributed by atoms with E-state index in [1.807, 2.05) is 44.4 Å². The molecule has 1 aromatic rings. The zero-order valence-electron chi connectivity index (χ0n) is 22.1. The third-order valence-corrected chi connectivity index (χ3v) is 5.96. The quantitative estimate of drug-likeness (QED) is 0.330.